The highest BCUT2D eigenvalue weighted by molar-refractivity contribution is 7.13. The number of ether oxygens (including phenoxy) is 2. The van der Waals surface area contributed by atoms with Crippen molar-refractivity contribution in [1.82, 2.24) is 9.88 Å². The summed E-state index contributed by atoms with van der Waals surface area (Å²) in [6, 6.07) is 10.8. The lowest BCUT2D eigenvalue weighted by molar-refractivity contribution is 0.0299. The van der Waals surface area contributed by atoms with E-state index in [1.165, 1.54) is 29.5 Å². The Labute approximate surface area is 170 Å². The van der Waals surface area contributed by atoms with E-state index in [4.69, 9.17) is 9.47 Å². The van der Waals surface area contributed by atoms with Gasteiger partial charge in [-0.3, -0.25) is 4.79 Å². The van der Waals surface area contributed by atoms with Crippen LogP contribution >= 0.6 is 11.3 Å². The van der Waals surface area contributed by atoms with Gasteiger partial charge < -0.3 is 14.4 Å². The Hall–Kier alpha value is -2.84. The van der Waals surface area contributed by atoms with E-state index in [2.05, 4.69) is 4.98 Å². The summed E-state index contributed by atoms with van der Waals surface area (Å²) in [6.07, 6.45) is 0. The van der Waals surface area contributed by atoms with Gasteiger partial charge in [-0.25, -0.2) is 13.8 Å². The Balaban J connectivity index is 1.47. The summed E-state index contributed by atoms with van der Waals surface area (Å²) in [5, 5.41) is 2.40. The van der Waals surface area contributed by atoms with Crippen molar-refractivity contribution in [2.24, 2.45) is 0 Å². The minimum Gasteiger partial charge on any atom is -0.489 e. The molecule has 4 rings (SSSR count). The van der Waals surface area contributed by atoms with E-state index in [0.29, 0.717) is 42.8 Å². The molecule has 0 saturated carbocycles. The van der Waals surface area contributed by atoms with Crippen molar-refractivity contribution >= 4 is 17.2 Å². The van der Waals surface area contributed by atoms with Crippen LogP contribution in [0.3, 0.4) is 0 Å². The molecule has 29 heavy (non-hydrogen) atoms. The van der Waals surface area contributed by atoms with Crippen LogP contribution < -0.4 is 4.74 Å². The first kappa shape index (κ1) is 19.5. The molecule has 2 heterocycles. The number of aromatic nitrogens is 1. The maximum atomic E-state index is 13.8. The fourth-order valence-electron chi connectivity index (χ4n) is 2.98. The lowest BCUT2D eigenvalue weighted by atomic mass is 10.2. The number of hydrogen-bond donors (Lipinski definition) is 0. The molecule has 0 radical (unpaired) electrons. The van der Waals surface area contributed by atoms with Crippen LogP contribution in [0.2, 0.25) is 0 Å². The molecule has 8 heteroatoms. The molecule has 1 fully saturated rings. The zero-order valence-electron chi connectivity index (χ0n) is 15.4. The number of hydrogen-bond acceptors (Lipinski definition) is 5. The first-order valence-electron chi connectivity index (χ1n) is 9.10. The smallest absolute Gasteiger partial charge is 0.273 e. The van der Waals surface area contributed by atoms with Gasteiger partial charge in [0, 0.05) is 24.0 Å². The Morgan fingerprint density at radius 2 is 1.86 bits per heavy atom. The van der Waals surface area contributed by atoms with Gasteiger partial charge in [-0.05, 0) is 24.3 Å². The van der Waals surface area contributed by atoms with Crippen LogP contribution in [-0.2, 0) is 11.3 Å². The van der Waals surface area contributed by atoms with Crippen molar-refractivity contribution in [3.05, 3.63) is 70.7 Å². The Kier molecular flexibility index (Phi) is 5.82. The van der Waals surface area contributed by atoms with Gasteiger partial charge >= 0.3 is 0 Å². The molecule has 0 unspecified atom stereocenters. The molecule has 1 saturated heterocycles. The van der Waals surface area contributed by atoms with E-state index in [-0.39, 0.29) is 18.1 Å². The SMILES string of the molecule is O=C(c1csc(-c2cccc(OCc3c(F)cccc3F)c2)n1)N1CCOCC1. The molecule has 0 bridgehead atoms. The molecule has 1 amide bonds. The van der Waals surface area contributed by atoms with Crippen LogP contribution in [0, 0.1) is 11.6 Å². The number of rotatable bonds is 5. The van der Waals surface area contributed by atoms with Crippen LogP contribution in [0.4, 0.5) is 8.78 Å². The molecular weight excluding hydrogens is 398 g/mol. The third kappa shape index (κ3) is 4.44. The number of benzene rings is 2. The second kappa shape index (κ2) is 8.67. The summed E-state index contributed by atoms with van der Waals surface area (Å²) in [6.45, 7) is 1.96. The zero-order valence-corrected chi connectivity index (χ0v) is 16.3. The van der Waals surface area contributed by atoms with E-state index in [9.17, 15) is 13.6 Å². The fraction of sp³-hybridized carbons (Fsp3) is 0.238. The van der Waals surface area contributed by atoms with Gasteiger partial charge in [0.15, 0.2) is 0 Å². The second-order valence-corrected chi connectivity index (χ2v) is 7.32. The number of halogens is 2. The third-order valence-corrected chi connectivity index (χ3v) is 5.44. The second-order valence-electron chi connectivity index (χ2n) is 6.46. The minimum atomic E-state index is -0.646. The standard InChI is InChI=1S/C21H18F2N2O3S/c22-17-5-2-6-18(23)16(17)12-28-15-4-1-3-14(11-15)20-24-19(13-29-20)21(26)25-7-9-27-10-8-25/h1-6,11,13H,7-10,12H2. The maximum Gasteiger partial charge on any atom is 0.273 e. The van der Waals surface area contributed by atoms with Gasteiger partial charge in [-0.15, -0.1) is 11.3 Å². The highest BCUT2D eigenvalue weighted by atomic mass is 32.1. The van der Waals surface area contributed by atoms with Crippen molar-refractivity contribution < 1.29 is 23.0 Å². The monoisotopic (exact) mass is 416 g/mol. The van der Waals surface area contributed by atoms with Crippen LogP contribution in [0.5, 0.6) is 5.75 Å². The van der Waals surface area contributed by atoms with E-state index in [1.54, 1.807) is 28.5 Å². The van der Waals surface area contributed by atoms with Crippen LogP contribution in [0.25, 0.3) is 10.6 Å². The predicted octanol–water partition coefficient (Wildman–Crippen LogP) is 4.14. The van der Waals surface area contributed by atoms with Gasteiger partial charge in [0.25, 0.3) is 5.91 Å². The molecule has 0 atom stereocenters. The Morgan fingerprint density at radius 3 is 2.62 bits per heavy atom. The van der Waals surface area contributed by atoms with Crippen LogP contribution in [-0.4, -0.2) is 42.1 Å². The number of carbonyl (C=O) groups is 1. The van der Waals surface area contributed by atoms with Crippen molar-refractivity contribution in [2.75, 3.05) is 26.3 Å². The number of thiazole rings is 1. The topological polar surface area (TPSA) is 51.7 Å². The molecule has 2 aromatic carbocycles. The van der Waals surface area contributed by atoms with Crippen molar-refractivity contribution in [3.63, 3.8) is 0 Å². The van der Waals surface area contributed by atoms with Crippen molar-refractivity contribution in [2.45, 2.75) is 6.61 Å². The average molecular weight is 416 g/mol. The first-order valence-corrected chi connectivity index (χ1v) is 9.98. The van der Waals surface area contributed by atoms with Gasteiger partial charge in [0.05, 0.1) is 18.8 Å². The number of nitrogens with zero attached hydrogens (tertiary/aromatic N) is 2. The quantitative estimate of drug-likeness (QED) is 0.627. The molecule has 1 aliphatic heterocycles. The van der Waals surface area contributed by atoms with Gasteiger partial charge in [0.2, 0.25) is 0 Å². The lowest BCUT2D eigenvalue weighted by Gasteiger charge is -2.25. The molecule has 1 aliphatic rings. The third-order valence-electron chi connectivity index (χ3n) is 4.55. The maximum absolute atomic E-state index is 13.8. The number of amides is 1. The summed E-state index contributed by atoms with van der Waals surface area (Å²) in [7, 11) is 0. The largest absolute Gasteiger partial charge is 0.489 e. The summed E-state index contributed by atoms with van der Waals surface area (Å²) in [5.41, 5.74) is 1.04. The first-order chi connectivity index (χ1) is 14.1. The van der Waals surface area contributed by atoms with E-state index < -0.39 is 11.6 Å². The molecule has 0 N–H and O–H groups in total. The molecule has 3 aromatic rings. The Bertz CT molecular complexity index is 998. The number of carbonyl (C=O) groups excluding carboxylic acids is 1. The lowest BCUT2D eigenvalue weighted by Crippen LogP contribution is -2.40. The van der Waals surface area contributed by atoms with Gasteiger partial charge in [-0.2, -0.15) is 0 Å². The number of morpholine rings is 1. The molecule has 1 aromatic heterocycles. The highest BCUT2D eigenvalue weighted by Crippen LogP contribution is 2.28. The van der Waals surface area contributed by atoms with E-state index in [0.717, 1.165) is 5.56 Å². The fourth-order valence-corrected chi connectivity index (χ4v) is 3.77. The van der Waals surface area contributed by atoms with Crippen LogP contribution in [0.1, 0.15) is 16.1 Å². The van der Waals surface area contributed by atoms with Gasteiger partial charge in [0.1, 0.15) is 34.7 Å². The van der Waals surface area contributed by atoms with Gasteiger partial charge in [-0.1, -0.05) is 18.2 Å². The molecular formula is C21H18F2N2O3S. The molecule has 0 spiro atoms. The summed E-state index contributed by atoms with van der Waals surface area (Å²) >= 11 is 1.36. The molecule has 150 valence electrons. The summed E-state index contributed by atoms with van der Waals surface area (Å²) in [4.78, 5) is 18.7. The Morgan fingerprint density at radius 1 is 1.14 bits per heavy atom. The van der Waals surface area contributed by atoms with Crippen LogP contribution in [0.15, 0.2) is 47.8 Å². The summed E-state index contributed by atoms with van der Waals surface area (Å²) in [5.74, 6) is -0.945. The highest BCUT2D eigenvalue weighted by Gasteiger charge is 2.21. The zero-order chi connectivity index (χ0) is 20.2. The summed E-state index contributed by atoms with van der Waals surface area (Å²) < 4.78 is 38.4. The predicted molar refractivity (Wildman–Crippen MR) is 105 cm³/mol. The normalized spacial score (nSPS) is 14.1. The van der Waals surface area contributed by atoms with E-state index >= 15 is 0 Å². The van der Waals surface area contributed by atoms with Crippen molar-refractivity contribution in [3.8, 4) is 16.3 Å². The molecule has 0 aliphatic carbocycles. The van der Waals surface area contributed by atoms with Crippen molar-refractivity contribution in [1.29, 1.82) is 0 Å². The van der Waals surface area contributed by atoms with E-state index in [1.807, 2.05) is 6.07 Å². The minimum absolute atomic E-state index is 0.113. The molecule has 5 nitrogen and oxygen atoms in total. The average Bonchev–Trinajstić information content (AvgIpc) is 3.24.